The maximum Gasteiger partial charge on any atom is 0.119 e. The Morgan fingerprint density at radius 3 is 2.62 bits per heavy atom. The first-order chi connectivity index (χ1) is 10.2. The van der Waals surface area contributed by atoms with Crippen molar-refractivity contribution < 1.29 is 4.74 Å². The van der Waals surface area contributed by atoms with Crippen LogP contribution in [0.15, 0.2) is 24.3 Å². The molecule has 3 nitrogen and oxygen atoms in total. The zero-order valence-corrected chi connectivity index (χ0v) is 13.6. The van der Waals surface area contributed by atoms with Crippen LogP contribution in [0.4, 0.5) is 5.69 Å². The van der Waals surface area contributed by atoms with E-state index < -0.39 is 0 Å². The molecule has 2 aliphatic rings. The van der Waals surface area contributed by atoms with Crippen molar-refractivity contribution in [2.75, 3.05) is 24.5 Å². The van der Waals surface area contributed by atoms with Gasteiger partial charge in [0.15, 0.2) is 0 Å². The van der Waals surface area contributed by atoms with Gasteiger partial charge in [-0.25, -0.2) is 0 Å². The summed E-state index contributed by atoms with van der Waals surface area (Å²) < 4.78 is 5.75. The van der Waals surface area contributed by atoms with Gasteiger partial charge >= 0.3 is 0 Å². The molecule has 0 amide bonds. The van der Waals surface area contributed by atoms with Crippen molar-refractivity contribution in [1.82, 2.24) is 4.90 Å². The average Bonchev–Trinajstić information content (AvgIpc) is 2.93. The number of hydrogen-bond donors (Lipinski definition) is 0. The lowest BCUT2D eigenvalue weighted by Gasteiger charge is -2.45. The second kappa shape index (κ2) is 6.27. The van der Waals surface area contributed by atoms with E-state index in [4.69, 9.17) is 4.74 Å². The van der Waals surface area contributed by atoms with Gasteiger partial charge in [0.25, 0.3) is 0 Å². The second-order valence-electron chi connectivity index (χ2n) is 6.67. The zero-order valence-electron chi connectivity index (χ0n) is 13.6. The molecule has 3 heteroatoms. The van der Waals surface area contributed by atoms with Crippen molar-refractivity contribution in [3.8, 4) is 5.75 Å². The van der Waals surface area contributed by atoms with Crippen LogP contribution in [0.25, 0.3) is 0 Å². The van der Waals surface area contributed by atoms with Gasteiger partial charge in [0, 0.05) is 30.9 Å². The molecule has 2 atom stereocenters. The first-order valence-corrected chi connectivity index (χ1v) is 8.44. The number of hydrogen-bond acceptors (Lipinski definition) is 3. The van der Waals surface area contributed by atoms with Gasteiger partial charge in [-0.1, -0.05) is 6.92 Å². The molecular weight excluding hydrogens is 260 g/mol. The standard InChI is InChI=1S/C18H28N2O/c1-4-15-12-19-11-5-6-17(19)13-20(15)16-7-9-18(10-8-16)21-14(2)3/h7-10,14-15,17H,4-6,11-13H2,1-3H3. The first-order valence-electron chi connectivity index (χ1n) is 8.44. The lowest BCUT2D eigenvalue weighted by Crippen LogP contribution is -2.56. The van der Waals surface area contributed by atoms with Gasteiger partial charge in [0.2, 0.25) is 0 Å². The number of fused-ring (bicyclic) bond motifs is 1. The first kappa shape index (κ1) is 14.7. The van der Waals surface area contributed by atoms with E-state index in [1.165, 1.54) is 44.6 Å². The van der Waals surface area contributed by atoms with Gasteiger partial charge in [0.05, 0.1) is 6.10 Å². The lowest BCUT2D eigenvalue weighted by molar-refractivity contribution is 0.194. The molecule has 2 fully saturated rings. The van der Waals surface area contributed by atoms with Crippen molar-refractivity contribution in [3.63, 3.8) is 0 Å². The fourth-order valence-corrected chi connectivity index (χ4v) is 3.74. The van der Waals surface area contributed by atoms with Crippen LogP contribution in [0, 0.1) is 0 Å². The number of benzene rings is 1. The van der Waals surface area contributed by atoms with Crippen LogP contribution in [0.5, 0.6) is 5.75 Å². The number of anilines is 1. The summed E-state index contributed by atoms with van der Waals surface area (Å²) in [6.07, 6.45) is 4.19. The third kappa shape index (κ3) is 3.18. The molecule has 2 saturated heterocycles. The Morgan fingerprint density at radius 2 is 1.95 bits per heavy atom. The van der Waals surface area contributed by atoms with Crippen LogP contribution in [0.3, 0.4) is 0 Å². The molecule has 1 aromatic rings. The van der Waals surface area contributed by atoms with Gasteiger partial charge in [0.1, 0.15) is 5.75 Å². The molecule has 0 aromatic heterocycles. The van der Waals surface area contributed by atoms with E-state index in [1.807, 2.05) is 0 Å². The summed E-state index contributed by atoms with van der Waals surface area (Å²) in [5, 5.41) is 0. The minimum atomic E-state index is 0.237. The van der Waals surface area contributed by atoms with Crippen molar-refractivity contribution in [3.05, 3.63) is 24.3 Å². The van der Waals surface area contributed by atoms with E-state index in [-0.39, 0.29) is 6.10 Å². The Labute approximate surface area is 128 Å². The number of piperazine rings is 1. The average molecular weight is 288 g/mol. The fourth-order valence-electron chi connectivity index (χ4n) is 3.74. The summed E-state index contributed by atoms with van der Waals surface area (Å²) >= 11 is 0. The number of nitrogens with zero attached hydrogens (tertiary/aromatic N) is 2. The van der Waals surface area contributed by atoms with E-state index in [1.54, 1.807) is 0 Å². The Kier molecular flexibility index (Phi) is 4.39. The summed E-state index contributed by atoms with van der Waals surface area (Å²) in [4.78, 5) is 5.31. The predicted molar refractivity (Wildman–Crippen MR) is 88.2 cm³/mol. The molecular formula is C18H28N2O. The quantitative estimate of drug-likeness (QED) is 0.843. The third-order valence-electron chi connectivity index (χ3n) is 4.80. The molecule has 0 radical (unpaired) electrons. The van der Waals surface area contributed by atoms with E-state index in [0.29, 0.717) is 6.04 Å². The van der Waals surface area contributed by atoms with Crippen LogP contribution in [-0.2, 0) is 0 Å². The van der Waals surface area contributed by atoms with Crippen LogP contribution in [-0.4, -0.2) is 42.7 Å². The molecule has 2 aliphatic heterocycles. The molecule has 1 aromatic carbocycles. The lowest BCUT2D eigenvalue weighted by atomic mass is 10.0. The Bertz CT molecular complexity index is 457. The van der Waals surface area contributed by atoms with Gasteiger partial charge in [-0.05, 0) is 63.9 Å². The predicted octanol–water partition coefficient (Wildman–Crippen LogP) is 3.54. The van der Waals surface area contributed by atoms with Crippen LogP contribution < -0.4 is 9.64 Å². The molecule has 0 N–H and O–H groups in total. The summed E-state index contributed by atoms with van der Waals surface area (Å²) in [5.41, 5.74) is 1.35. The fraction of sp³-hybridized carbons (Fsp3) is 0.667. The van der Waals surface area contributed by atoms with Gasteiger partial charge in [-0.15, -0.1) is 0 Å². The third-order valence-corrected chi connectivity index (χ3v) is 4.80. The Hall–Kier alpha value is -1.22. The zero-order chi connectivity index (χ0) is 14.8. The second-order valence-corrected chi connectivity index (χ2v) is 6.67. The van der Waals surface area contributed by atoms with E-state index in [9.17, 15) is 0 Å². The molecule has 2 unspecified atom stereocenters. The van der Waals surface area contributed by atoms with Crippen LogP contribution in [0.2, 0.25) is 0 Å². The normalized spacial score (nSPS) is 26.2. The van der Waals surface area contributed by atoms with Crippen LogP contribution in [0.1, 0.15) is 40.0 Å². The number of rotatable bonds is 4. The molecule has 21 heavy (non-hydrogen) atoms. The monoisotopic (exact) mass is 288 g/mol. The Morgan fingerprint density at radius 1 is 1.19 bits per heavy atom. The topological polar surface area (TPSA) is 15.7 Å². The summed E-state index contributed by atoms with van der Waals surface area (Å²) in [6.45, 7) is 10.2. The van der Waals surface area contributed by atoms with Crippen LogP contribution >= 0.6 is 0 Å². The highest BCUT2D eigenvalue weighted by Gasteiger charge is 2.35. The molecule has 0 saturated carbocycles. The van der Waals surface area contributed by atoms with E-state index in [0.717, 1.165) is 11.8 Å². The molecule has 0 aliphatic carbocycles. The highest BCUT2D eigenvalue weighted by atomic mass is 16.5. The van der Waals surface area contributed by atoms with E-state index in [2.05, 4.69) is 54.8 Å². The van der Waals surface area contributed by atoms with Crippen molar-refractivity contribution in [2.24, 2.45) is 0 Å². The summed E-state index contributed by atoms with van der Waals surface area (Å²) in [6, 6.07) is 10.1. The van der Waals surface area contributed by atoms with Crippen molar-refractivity contribution in [1.29, 1.82) is 0 Å². The maximum atomic E-state index is 5.75. The highest BCUT2D eigenvalue weighted by molar-refractivity contribution is 5.51. The highest BCUT2D eigenvalue weighted by Crippen LogP contribution is 2.30. The Balaban J connectivity index is 1.74. The minimum Gasteiger partial charge on any atom is -0.491 e. The maximum absolute atomic E-state index is 5.75. The minimum absolute atomic E-state index is 0.237. The number of ether oxygens (including phenoxy) is 1. The van der Waals surface area contributed by atoms with E-state index >= 15 is 0 Å². The molecule has 0 spiro atoms. The largest absolute Gasteiger partial charge is 0.491 e. The van der Waals surface area contributed by atoms with Crippen molar-refractivity contribution >= 4 is 5.69 Å². The van der Waals surface area contributed by atoms with Gasteiger partial charge in [-0.3, -0.25) is 4.90 Å². The summed E-state index contributed by atoms with van der Waals surface area (Å²) in [7, 11) is 0. The molecule has 116 valence electrons. The van der Waals surface area contributed by atoms with Gasteiger partial charge < -0.3 is 9.64 Å². The van der Waals surface area contributed by atoms with Crippen molar-refractivity contribution in [2.45, 2.75) is 58.2 Å². The molecule has 2 heterocycles. The van der Waals surface area contributed by atoms with Gasteiger partial charge in [-0.2, -0.15) is 0 Å². The molecule has 0 bridgehead atoms. The SMILES string of the molecule is CCC1CN2CCCC2CN1c1ccc(OC(C)C)cc1. The summed E-state index contributed by atoms with van der Waals surface area (Å²) in [5.74, 6) is 0.973. The molecule has 3 rings (SSSR count). The smallest absolute Gasteiger partial charge is 0.119 e.